The molecule has 0 amide bonds. The van der Waals surface area contributed by atoms with Crippen LogP contribution in [-0.4, -0.2) is 54.6 Å². The number of piperazine rings is 1. The summed E-state index contributed by atoms with van der Waals surface area (Å²) in [5, 5.41) is 0. The van der Waals surface area contributed by atoms with Crippen molar-refractivity contribution in [2.24, 2.45) is 17.1 Å². The number of piperidine rings is 1. The summed E-state index contributed by atoms with van der Waals surface area (Å²) >= 11 is 0. The van der Waals surface area contributed by atoms with Crippen molar-refractivity contribution in [1.82, 2.24) is 9.80 Å². The van der Waals surface area contributed by atoms with Gasteiger partial charge >= 0.3 is 0 Å². The van der Waals surface area contributed by atoms with E-state index in [4.69, 9.17) is 5.73 Å². The van der Waals surface area contributed by atoms with E-state index in [2.05, 4.69) is 23.6 Å². The first kappa shape index (κ1) is 14.8. The van der Waals surface area contributed by atoms with Crippen molar-refractivity contribution in [3.05, 3.63) is 0 Å². The molecule has 2 N–H and O–H groups in total. The molecule has 3 nitrogen and oxygen atoms in total. The van der Waals surface area contributed by atoms with Gasteiger partial charge < -0.3 is 10.6 Å². The highest BCUT2D eigenvalue weighted by atomic mass is 15.3. The molecule has 116 valence electrons. The highest BCUT2D eigenvalue weighted by molar-refractivity contribution is 4.91. The fraction of sp³-hybridized carbons (Fsp3) is 1.00. The van der Waals surface area contributed by atoms with Gasteiger partial charge in [0.2, 0.25) is 0 Å². The molecule has 3 fully saturated rings. The third kappa shape index (κ3) is 3.37. The van der Waals surface area contributed by atoms with Gasteiger partial charge in [-0.05, 0) is 50.0 Å². The SMILES string of the molecule is CC1(C)CCC(N)C(CN2CCN3CCCCC3C2)C1. The maximum atomic E-state index is 6.41. The van der Waals surface area contributed by atoms with Crippen molar-refractivity contribution in [2.45, 2.75) is 64.5 Å². The second kappa shape index (κ2) is 5.94. The molecule has 3 rings (SSSR count). The van der Waals surface area contributed by atoms with Gasteiger partial charge in [0.15, 0.2) is 0 Å². The van der Waals surface area contributed by atoms with Crippen LogP contribution in [0, 0.1) is 11.3 Å². The average Bonchev–Trinajstić information content (AvgIpc) is 2.43. The molecule has 2 heterocycles. The summed E-state index contributed by atoms with van der Waals surface area (Å²) in [6.07, 6.45) is 8.11. The Kier molecular flexibility index (Phi) is 4.40. The molecule has 3 unspecified atom stereocenters. The van der Waals surface area contributed by atoms with Crippen molar-refractivity contribution in [2.75, 3.05) is 32.7 Å². The van der Waals surface area contributed by atoms with Crippen LogP contribution in [0.4, 0.5) is 0 Å². The minimum absolute atomic E-state index is 0.437. The van der Waals surface area contributed by atoms with Crippen LogP contribution in [0.1, 0.15) is 52.4 Å². The Hall–Kier alpha value is -0.120. The fourth-order valence-electron chi connectivity index (χ4n) is 4.67. The molecular weight excluding hydrogens is 246 g/mol. The summed E-state index contributed by atoms with van der Waals surface area (Å²) in [6.45, 7) is 11.3. The van der Waals surface area contributed by atoms with E-state index in [-0.39, 0.29) is 0 Å². The van der Waals surface area contributed by atoms with Crippen LogP contribution in [0.5, 0.6) is 0 Å². The molecule has 0 radical (unpaired) electrons. The largest absolute Gasteiger partial charge is 0.327 e. The Morgan fingerprint density at radius 3 is 2.80 bits per heavy atom. The van der Waals surface area contributed by atoms with E-state index in [9.17, 15) is 0 Å². The van der Waals surface area contributed by atoms with Crippen LogP contribution in [0.2, 0.25) is 0 Å². The lowest BCUT2D eigenvalue weighted by Crippen LogP contribution is -2.56. The predicted molar refractivity (Wildman–Crippen MR) is 84.7 cm³/mol. The van der Waals surface area contributed by atoms with E-state index in [1.54, 1.807) is 0 Å². The molecule has 3 heteroatoms. The third-order valence-electron chi connectivity index (χ3n) is 5.99. The van der Waals surface area contributed by atoms with Gasteiger partial charge in [0.05, 0.1) is 0 Å². The molecule has 3 atom stereocenters. The van der Waals surface area contributed by atoms with Gasteiger partial charge in [0.1, 0.15) is 0 Å². The molecule has 1 saturated carbocycles. The molecule has 3 aliphatic rings. The van der Waals surface area contributed by atoms with Crippen molar-refractivity contribution in [3.8, 4) is 0 Å². The summed E-state index contributed by atoms with van der Waals surface area (Å²) in [5.41, 5.74) is 6.92. The number of hydrogen-bond acceptors (Lipinski definition) is 3. The lowest BCUT2D eigenvalue weighted by Gasteiger charge is -2.47. The quantitative estimate of drug-likeness (QED) is 0.842. The number of nitrogens with two attached hydrogens (primary N) is 1. The molecule has 0 aromatic rings. The van der Waals surface area contributed by atoms with Crippen LogP contribution in [0.15, 0.2) is 0 Å². The van der Waals surface area contributed by atoms with Crippen LogP contribution in [-0.2, 0) is 0 Å². The lowest BCUT2D eigenvalue weighted by molar-refractivity contribution is 0.0281. The summed E-state index contributed by atoms with van der Waals surface area (Å²) in [4.78, 5) is 5.45. The smallest absolute Gasteiger partial charge is 0.0223 e. The zero-order valence-electron chi connectivity index (χ0n) is 13.5. The molecule has 1 aliphatic carbocycles. The summed E-state index contributed by atoms with van der Waals surface area (Å²) in [7, 11) is 0. The zero-order chi connectivity index (χ0) is 14.2. The Morgan fingerprint density at radius 1 is 1.10 bits per heavy atom. The third-order valence-corrected chi connectivity index (χ3v) is 5.99. The van der Waals surface area contributed by atoms with Crippen molar-refractivity contribution >= 4 is 0 Å². The number of hydrogen-bond donors (Lipinski definition) is 1. The van der Waals surface area contributed by atoms with Gasteiger partial charge in [-0.1, -0.05) is 20.3 Å². The summed E-state index contributed by atoms with van der Waals surface area (Å²) in [5.74, 6) is 0.717. The van der Waals surface area contributed by atoms with E-state index in [0.717, 1.165) is 6.04 Å². The molecule has 0 aromatic heterocycles. The van der Waals surface area contributed by atoms with Crippen LogP contribution >= 0.6 is 0 Å². The van der Waals surface area contributed by atoms with E-state index in [1.807, 2.05) is 0 Å². The molecule has 20 heavy (non-hydrogen) atoms. The van der Waals surface area contributed by atoms with E-state index >= 15 is 0 Å². The standard InChI is InChI=1S/C17H33N3/c1-17(2)7-6-16(18)14(11-17)12-19-9-10-20-8-4-3-5-15(20)13-19/h14-16H,3-13,18H2,1-2H3. The predicted octanol–water partition coefficient (Wildman–Crippen LogP) is 2.31. The Labute approximate surface area is 124 Å². The van der Waals surface area contributed by atoms with Crippen LogP contribution < -0.4 is 5.73 Å². The normalized spacial score (nSPS) is 39.5. The van der Waals surface area contributed by atoms with E-state index < -0.39 is 0 Å². The monoisotopic (exact) mass is 279 g/mol. The first-order valence-corrected chi connectivity index (χ1v) is 8.75. The van der Waals surface area contributed by atoms with Crippen molar-refractivity contribution in [1.29, 1.82) is 0 Å². The summed E-state index contributed by atoms with van der Waals surface area (Å²) < 4.78 is 0. The highest BCUT2D eigenvalue weighted by Crippen LogP contribution is 2.38. The van der Waals surface area contributed by atoms with Crippen molar-refractivity contribution < 1.29 is 0 Å². The minimum atomic E-state index is 0.437. The van der Waals surface area contributed by atoms with Crippen LogP contribution in [0.3, 0.4) is 0 Å². The van der Waals surface area contributed by atoms with Gasteiger partial charge in [-0.2, -0.15) is 0 Å². The zero-order valence-corrected chi connectivity index (χ0v) is 13.5. The van der Waals surface area contributed by atoms with E-state index in [0.29, 0.717) is 17.4 Å². The van der Waals surface area contributed by atoms with Gasteiger partial charge in [-0.3, -0.25) is 4.90 Å². The molecule has 0 bridgehead atoms. The molecule has 2 aliphatic heterocycles. The number of rotatable bonds is 2. The second-order valence-electron chi connectivity index (χ2n) is 8.28. The topological polar surface area (TPSA) is 32.5 Å². The molecular formula is C17H33N3. The highest BCUT2D eigenvalue weighted by Gasteiger charge is 2.36. The first-order valence-electron chi connectivity index (χ1n) is 8.75. The van der Waals surface area contributed by atoms with Crippen LogP contribution in [0.25, 0.3) is 0 Å². The first-order chi connectivity index (χ1) is 9.53. The fourth-order valence-corrected chi connectivity index (χ4v) is 4.67. The minimum Gasteiger partial charge on any atom is -0.327 e. The average molecular weight is 279 g/mol. The van der Waals surface area contributed by atoms with Gasteiger partial charge in [0.25, 0.3) is 0 Å². The van der Waals surface area contributed by atoms with Gasteiger partial charge in [-0.15, -0.1) is 0 Å². The van der Waals surface area contributed by atoms with Crippen molar-refractivity contribution in [3.63, 3.8) is 0 Å². The maximum absolute atomic E-state index is 6.41. The number of fused-ring (bicyclic) bond motifs is 1. The maximum Gasteiger partial charge on any atom is 0.0223 e. The summed E-state index contributed by atoms with van der Waals surface area (Å²) in [6, 6.07) is 1.28. The molecule has 0 spiro atoms. The molecule has 0 aromatic carbocycles. The lowest BCUT2D eigenvalue weighted by atomic mass is 9.70. The van der Waals surface area contributed by atoms with Gasteiger partial charge in [-0.25, -0.2) is 0 Å². The Balaban J connectivity index is 1.54. The number of nitrogens with zero attached hydrogens (tertiary/aromatic N) is 2. The van der Waals surface area contributed by atoms with Gasteiger partial charge in [0, 0.05) is 38.3 Å². The molecule has 2 saturated heterocycles. The Morgan fingerprint density at radius 2 is 1.95 bits per heavy atom. The Bertz CT molecular complexity index is 328. The second-order valence-corrected chi connectivity index (χ2v) is 8.28. The van der Waals surface area contributed by atoms with E-state index in [1.165, 1.54) is 71.2 Å².